The first kappa shape index (κ1) is 17.2. The Kier molecular flexibility index (Phi) is 3.74. The summed E-state index contributed by atoms with van der Waals surface area (Å²) >= 11 is 0. The van der Waals surface area contributed by atoms with Crippen molar-refractivity contribution in [3.05, 3.63) is 101 Å². The zero-order valence-corrected chi connectivity index (χ0v) is 15.6. The fourth-order valence-corrected chi connectivity index (χ4v) is 3.85. The summed E-state index contributed by atoms with van der Waals surface area (Å²) in [7, 11) is 0. The van der Waals surface area contributed by atoms with E-state index >= 15 is 0 Å². The third-order valence-electron chi connectivity index (χ3n) is 5.22. The molecule has 0 spiro atoms. The van der Waals surface area contributed by atoms with Crippen LogP contribution in [0.2, 0.25) is 0 Å². The molecule has 3 aromatic carbocycles. The number of aryl methyl sites for hydroxylation is 1. The summed E-state index contributed by atoms with van der Waals surface area (Å²) in [6.45, 7) is 1.84. The number of carbonyl (C=O) groups excluding carboxylic acids is 2. The van der Waals surface area contributed by atoms with E-state index < -0.39 is 5.78 Å². The van der Waals surface area contributed by atoms with Gasteiger partial charge in [0.25, 0.3) is 0 Å². The molecule has 1 heterocycles. The van der Waals surface area contributed by atoms with Crippen LogP contribution in [0.3, 0.4) is 0 Å². The number of hydrogen-bond donors (Lipinski definition) is 1. The van der Waals surface area contributed by atoms with E-state index in [1.807, 2.05) is 55.5 Å². The van der Waals surface area contributed by atoms with Crippen LogP contribution < -0.4 is 0 Å². The summed E-state index contributed by atoms with van der Waals surface area (Å²) in [6, 6.07) is 21.3. The van der Waals surface area contributed by atoms with Gasteiger partial charge in [0.2, 0.25) is 5.78 Å². The van der Waals surface area contributed by atoms with Crippen molar-refractivity contribution in [2.45, 2.75) is 6.92 Å². The summed E-state index contributed by atoms with van der Waals surface area (Å²) in [4.78, 5) is 26.5. The Morgan fingerprint density at radius 2 is 1.55 bits per heavy atom. The molecule has 4 heteroatoms. The minimum absolute atomic E-state index is 0.0601. The molecule has 0 saturated carbocycles. The number of furan rings is 1. The zero-order valence-electron chi connectivity index (χ0n) is 15.6. The van der Waals surface area contributed by atoms with Crippen molar-refractivity contribution in [2.24, 2.45) is 0 Å². The molecule has 5 rings (SSSR count). The molecule has 4 nitrogen and oxygen atoms in total. The maximum Gasteiger partial charge on any atom is 0.232 e. The lowest BCUT2D eigenvalue weighted by atomic mass is 9.95. The van der Waals surface area contributed by atoms with Crippen LogP contribution >= 0.6 is 0 Å². The highest BCUT2D eigenvalue weighted by molar-refractivity contribution is 6.26. The number of carbonyl (C=O) groups is 2. The van der Waals surface area contributed by atoms with E-state index in [1.165, 1.54) is 6.07 Å². The maximum atomic E-state index is 13.4. The predicted octanol–water partition coefficient (Wildman–Crippen LogP) is 5.40. The zero-order chi connectivity index (χ0) is 20.1. The molecule has 0 bridgehead atoms. The number of fused-ring (bicyclic) bond motifs is 3. The van der Waals surface area contributed by atoms with E-state index in [9.17, 15) is 14.7 Å². The van der Waals surface area contributed by atoms with Gasteiger partial charge in [0.15, 0.2) is 11.5 Å². The summed E-state index contributed by atoms with van der Waals surface area (Å²) in [5.74, 6) is -0.275. The topological polar surface area (TPSA) is 67.5 Å². The monoisotopic (exact) mass is 380 g/mol. The van der Waals surface area contributed by atoms with Gasteiger partial charge in [-0.15, -0.1) is 0 Å². The summed E-state index contributed by atoms with van der Waals surface area (Å²) < 4.78 is 6.04. The number of benzene rings is 3. The first-order chi connectivity index (χ1) is 14.1. The Morgan fingerprint density at radius 3 is 2.31 bits per heavy atom. The van der Waals surface area contributed by atoms with E-state index in [4.69, 9.17) is 4.42 Å². The Balaban J connectivity index is 1.80. The van der Waals surface area contributed by atoms with E-state index in [0.29, 0.717) is 33.6 Å². The molecule has 1 aliphatic carbocycles. The quantitative estimate of drug-likeness (QED) is 0.425. The molecule has 0 atom stereocenters. The largest absolute Gasteiger partial charge is 0.507 e. The molecular weight excluding hydrogens is 364 g/mol. The molecule has 1 aromatic heterocycles. The third kappa shape index (κ3) is 2.53. The van der Waals surface area contributed by atoms with Crippen molar-refractivity contribution in [3.63, 3.8) is 0 Å². The highest BCUT2D eigenvalue weighted by atomic mass is 16.4. The number of phenols is 1. The number of ketones is 2. The highest BCUT2D eigenvalue weighted by Crippen LogP contribution is 2.46. The second-order valence-corrected chi connectivity index (χ2v) is 7.10. The lowest BCUT2D eigenvalue weighted by molar-refractivity contribution is 0.101. The van der Waals surface area contributed by atoms with Crippen molar-refractivity contribution < 1.29 is 19.1 Å². The molecule has 0 amide bonds. The van der Waals surface area contributed by atoms with Crippen LogP contribution in [0.15, 0.2) is 77.2 Å². The molecule has 140 valence electrons. The molecule has 0 unspecified atom stereocenters. The fourth-order valence-electron chi connectivity index (χ4n) is 3.85. The summed E-state index contributed by atoms with van der Waals surface area (Å²) in [5.41, 5.74) is 3.81. The van der Waals surface area contributed by atoms with Gasteiger partial charge in [-0.2, -0.15) is 0 Å². The van der Waals surface area contributed by atoms with Crippen LogP contribution in [0.1, 0.15) is 37.6 Å². The van der Waals surface area contributed by atoms with Crippen LogP contribution in [0, 0.1) is 6.92 Å². The second-order valence-electron chi connectivity index (χ2n) is 7.10. The van der Waals surface area contributed by atoms with Gasteiger partial charge in [-0.25, -0.2) is 0 Å². The fraction of sp³-hybridized carbons (Fsp3) is 0.0400. The van der Waals surface area contributed by atoms with Crippen LogP contribution in [-0.4, -0.2) is 16.7 Å². The average Bonchev–Trinajstić information content (AvgIpc) is 3.27. The molecule has 0 fully saturated rings. The van der Waals surface area contributed by atoms with Gasteiger partial charge in [0.05, 0.1) is 11.1 Å². The Morgan fingerprint density at radius 1 is 0.862 bits per heavy atom. The van der Waals surface area contributed by atoms with Crippen LogP contribution in [-0.2, 0) is 0 Å². The lowest BCUT2D eigenvalue weighted by Gasteiger charge is -2.07. The highest BCUT2D eigenvalue weighted by Gasteiger charge is 2.38. The maximum absolute atomic E-state index is 13.4. The van der Waals surface area contributed by atoms with E-state index in [2.05, 4.69) is 0 Å². The van der Waals surface area contributed by atoms with E-state index in [-0.39, 0.29) is 22.9 Å². The van der Waals surface area contributed by atoms with Crippen molar-refractivity contribution in [3.8, 4) is 28.2 Å². The van der Waals surface area contributed by atoms with Crippen molar-refractivity contribution in [2.75, 3.05) is 0 Å². The molecule has 4 aromatic rings. The number of hydrogen-bond acceptors (Lipinski definition) is 4. The van der Waals surface area contributed by atoms with Gasteiger partial charge >= 0.3 is 0 Å². The number of phenolic OH excluding ortho intramolecular Hbond substituents is 1. The smallest absolute Gasteiger partial charge is 0.232 e. The summed E-state index contributed by atoms with van der Waals surface area (Å²) in [6.07, 6.45) is 0. The van der Waals surface area contributed by atoms with Crippen molar-refractivity contribution >= 4 is 11.6 Å². The van der Waals surface area contributed by atoms with E-state index in [1.54, 1.807) is 18.2 Å². The Hall–Kier alpha value is -3.92. The van der Waals surface area contributed by atoms with Crippen LogP contribution in [0.4, 0.5) is 0 Å². The van der Waals surface area contributed by atoms with Gasteiger partial charge in [0, 0.05) is 16.7 Å². The van der Waals surface area contributed by atoms with Crippen LogP contribution in [0.25, 0.3) is 22.5 Å². The third-order valence-corrected chi connectivity index (χ3v) is 5.22. The van der Waals surface area contributed by atoms with E-state index in [0.717, 1.165) is 5.56 Å². The number of aromatic hydroxyl groups is 1. The minimum atomic E-state index is -0.454. The lowest BCUT2D eigenvalue weighted by Crippen LogP contribution is -2.05. The second kappa shape index (κ2) is 6.31. The van der Waals surface area contributed by atoms with Crippen LogP contribution in [0.5, 0.6) is 5.75 Å². The first-order valence-corrected chi connectivity index (χ1v) is 9.27. The van der Waals surface area contributed by atoms with Gasteiger partial charge in [0.1, 0.15) is 11.5 Å². The van der Waals surface area contributed by atoms with Gasteiger partial charge in [-0.05, 0) is 24.6 Å². The summed E-state index contributed by atoms with van der Waals surface area (Å²) in [5, 5.41) is 10.3. The molecule has 29 heavy (non-hydrogen) atoms. The standard InChI is InChI=1S/C25H16O4/c1-14-11-12-19(26)18(13-14)23(28)25-20(15-7-3-2-4-8-15)21-22(27)16-9-5-6-10-17(16)24(21)29-25/h2-13,26H,1H3. The average molecular weight is 380 g/mol. The molecule has 0 aliphatic heterocycles. The Labute approximate surface area is 167 Å². The number of rotatable bonds is 3. The first-order valence-electron chi connectivity index (χ1n) is 9.27. The SMILES string of the molecule is Cc1ccc(O)c(C(=O)c2oc3c(c2-c2ccccc2)C(=O)c2ccccc2-3)c1. The minimum Gasteiger partial charge on any atom is -0.507 e. The van der Waals surface area contributed by atoms with Gasteiger partial charge in [-0.3, -0.25) is 9.59 Å². The molecule has 1 N–H and O–H groups in total. The molecular formula is C25H16O4. The molecule has 0 radical (unpaired) electrons. The normalized spacial score (nSPS) is 12.0. The van der Waals surface area contributed by atoms with Gasteiger partial charge < -0.3 is 9.52 Å². The van der Waals surface area contributed by atoms with Gasteiger partial charge in [-0.1, -0.05) is 66.2 Å². The van der Waals surface area contributed by atoms with Crippen molar-refractivity contribution in [1.29, 1.82) is 0 Å². The molecule has 0 saturated heterocycles. The molecule has 1 aliphatic rings. The Bertz CT molecular complexity index is 1300. The van der Waals surface area contributed by atoms with Crippen molar-refractivity contribution in [1.82, 2.24) is 0 Å². The predicted molar refractivity (Wildman–Crippen MR) is 109 cm³/mol.